The average molecular weight is 226 g/mol. The second-order valence-corrected chi connectivity index (χ2v) is 3.35. The molecule has 15 heavy (non-hydrogen) atoms. The van der Waals surface area contributed by atoms with Gasteiger partial charge in [0.2, 0.25) is 0 Å². The number of allylic oxidation sites excluding steroid dienone is 3. The molecule has 0 aliphatic heterocycles. The standard InChI is InChI=1S/C12H12F2S/c1-3-8(4-2)10-5-9(7-15)11(13)6-12(10)14/h3-6,15H,1,7H2,2H3/b8-4+. The molecule has 0 amide bonds. The van der Waals surface area contributed by atoms with Crippen LogP contribution in [0.3, 0.4) is 0 Å². The normalized spacial score (nSPS) is 11.6. The Bertz CT molecular complexity index is 408. The van der Waals surface area contributed by atoms with E-state index < -0.39 is 11.6 Å². The van der Waals surface area contributed by atoms with Crippen LogP contribution in [0.15, 0.2) is 30.9 Å². The fraction of sp³-hybridized carbons (Fsp3) is 0.167. The van der Waals surface area contributed by atoms with Gasteiger partial charge in [0.05, 0.1) is 0 Å². The summed E-state index contributed by atoms with van der Waals surface area (Å²) in [7, 11) is 0. The van der Waals surface area contributed by atoms with Gasteiger partial charge in [-0.05, 0) is 24.1 Å². The summed E-state index contributed by atoms with van der Waals surface area (Å²) in [6, 6.07) is 2.35. The Labute approximate surface area is 93.7 Å². The molecule has 80 valence electrons. The highest BCUT2D eigenvalue weighted by Gasteiger charge is 2.10. The van der Waals surface area contributed by atoms with E-state index in [0.717, 1.165) is 6.07 Å². The predicted octanol–water partition coefficient (Wildman–Crippen LogP) is 3.98. The summed E-state index contributed by atoms with van der Waals surface area (Å²) in [6.07, 6.45) is 3.27. The Balaban J connectivity index is 3.36. The second-order valence-electron chi connectivity index (χ2n) is 3.03. The van der Waals surface area contributed by atoms with Crippen molar-refractivity contribution in [3.8, 4) is 0 Å². The van der Waals surface area contributed by atoms with Crippen molar-refractivity contribution in [2.75, 3.05) is 0 Å². The van der Waals surface area contributed by atoms with E-state index in [2.05, 4.69) is 19.2 Å². The number of hydrogen-bond donors (Lipinski definition) is 1. The van der Waals surface area contributed by atoms with Crippen LogP contribution in [0.4, 0.5) is 8.78 Å². The lowest BCUT2D eigenvalue weighted by atomic mass is 10.0. The van der Waals surface area contributed by atoms with Gasteiger partial charge in [-0.15, -0.1) is 0 Å². The Kier molecular flexibility index (Phi) is 4.09. The third kappa shape index (κ3) is 2.48. The van der Waals surface area contributed by atoms with Gasteiger partial charge in [-0.2, -0.15) is 12.6 Å². The molecule has 0 nitrogen and oxygen atoms in total. The lowest BCUT2D eigenvalue weighted by Crippen LogP contribution is -1.94. The van der Waals surface area contributed by atoms with Crippen LogP contribution in [-0.2, 0) is 5.75 Å². The molecule has 0 saturated heterocycles. The second kappa shape index (κ2) is 5.12. The summed E-state index contributed by atoms with van der Waals surface area (Å²) >= 11 is 3.98. The van der Waals surface area contributed by atoms with E-state index in [1.54, 1.807) is 19.1 Å². The molecule has 0 radical (unpaired) electrons. The van der Waals surface area contributed by atoms with Crippen molar-refractivity contribution in [2.24, 2.45) is 0 Å². The maximum atomic E-state index is 13.4. The van der Waals surface area contributed by atoms with E-state index in [-0.39, 0.29) is 5.75 Å². The van der Waals surface area contributed by atoms with Crippen LogP contribution in [0.1, 0.15) is 18.1 Å². The minimum Gasteiger partial charge on any atom is -0.207 e. The van der Waals surface area contributed by atoms with Gasteiger partial charge in [0, 0.05) is 17.4 Å². The highest BCUT2D eigenvalue weighted by atomic mass is 32.1. The van der Waals surface area contributed by atoms with Gasteiger partial charge < -0.3 is 0 Å². The minimum atomic E-state index is -0.578. The highest BCUT2D eigenvalue weighted by molar-refractivity contribution is 7.79. The first-order valence-corrected chi connectivity index (χ1v) is 5.15. The Morgan fingerprint density at radius 3 is 2.53 bits per heavy atom. The van der Waals surface area contributed by atoms with Gasteiger partial charge in [0.25, 0.3) is 0 Å². The van der Waals surface area contributed by atoms with E-state index >= 15 is 0 Å². The van der Waals surface area contributed by atoms with Gasteiger partial charge in [-0.3, -0.25) is 0 Å². The van der Waals surface area contributed by atoms with Crippen molar-refractivity contribution in [3.05, 3.63) is 53.6 Å². The molecule has 0 atom stereocenters. The number of halogens is 2. The van der Waals surface area contributed by atoms with Crippen LogP contribution < -0.4 is 0 Å². The maximum Gasteiger partial charge on any atom is 0.133 e. The molecule has 1 aromatic carbocycles. The lowest BCUT2D eigenvalue weighted by molar-refractivity contribution is 0.574. The van der Waals surface area contributed by atoms with Crippen molar-refractivity contribution in [1.29, 1.82) is 0 Å². The van der Waals surface area contributed by atoms with Crippen LogP contribution in [0.5, 0.6) is 0 Å². The molecule has 3 heteroatoms. The van der Waals surface area contributed by atoms with E-state index in [4.69, 9.17) is 0 Å². The molecule has 0 fully saturated rings. The summed E-state index contributed by atoms with van der Waals surface area (Å²) in [5, 5.41) is 0. The molecule has 0 aliphatic carbocycles. The molecule has 0 unspecified atom stereocenters. The molecule has 0 heterocycles. The molecule has 0 bridgehead atoms. The SMILES string of the molecule is C=C/C(=C\C)c1cc(CS)c(F)cc1F. The zero-order chi connectivity index (χ0) is 11.4. The fourth-order valence-electron chi connectivity index (χ4n) is 1.32. The highest BCUT2D eigenvalue weighted by Crippen LogP contribution is 2.23. The first-order chi connectivity index (χ1) is 7.13. The summed E-state index contributed by atoms with van der Waals surface area (Å²) < 4.78 is 26.6. The summed E-state index contributed by atoms with van der Waals surface area (Å²) in [4.78, 5) is 0. The largest absolute Gasteiger partial charge is 0.207 e. The first kappa shape index (κ1) is 12.0. The van der Waals surface area contributed by atoms with Crippen molar-refractivity contribution >= 4 is 18.2 Å². The molecule has 0 spiro atoms. The van der Waals surface area contributed by atoms with Gasteiger partial charge in [0.1, 0.15) is 11.6 Å². The lowest BCUT2D eigenvalue weighted by Gasteiger charge is -2.07. The predicted molar refractivity (Wildman–Crippen MR) is 62.9 cm³/mol. The van der Waals surface area contributed by atoms with Crippen molar-refractivity contribution < 1.29 is 8.78 Å². The van der Waals surface area contributed by atoms with Gasteiger partial charge in [-0.1, -0.05) is 18.7 Å². The average Bonchev–Trinajstić information content (AvgIpc) is 2.22. The van der Waals surface area contributed by atoms with Crippen molar-refractivity contribution in [2.45, 2.75) is 12.7 Å². The molecule has 1 rings (SSSR count). The number of rotatable bonds is 3. The topological polar surface area (TPSA) is 0 Å². The van der Waals surface area contributed by atoms with E-state index in [0.29, 0.717) is 16.7 Å². The van der Waals surface area contributed by atoms with Gasteiger partial charge >= 0.3 is 0 Å². The van der Waals surface area contributed by atoms with Crippen molar-refractivity contribution in [1.82, 2.24) is 0 Å². The zero-order valence-electron chi connectivity index (χ0n) is 8.43. The van der Waals surface area contributed by atoms with Crippen molar-refractivity contribution in [3.63, 3.8) is 0 Å². The number of thiol groups is 1. The van der Waals surface area contributed by atoms with Crippen LogP contribution in [0, 0.1) is 11.6 Å². The van der Waals surface area contributed by atoms with E-state index in [1.165, 1.54) is 6.07 Å². The smallest absolute Gasteiger partial charge is 0.133 e. The third-order valence-corrected chi connectivity index (χ3v) is 2.49. The van der Waals surface area contributed by atoms with E-state index in [1.807, 2.05) is 0 Å². The monoisotopic (exact) mass is 226 g/mol. The summed E-state index contributed by atoms with van der Waals surface area (Å²) in [5.41, 5.74) is 1.39. The molecule has 0 aromatic heterocycles. The Morgan fingerprint density at radius 1 is 1.40 bits per heavy atom. The minimum absolute atomic E-state index is 0.243. The summed E-state index contributed by atoms with van der Waals surface area (Å²) in [6.45, 7) is 5.36. The van der Waals surface area contributed by atoms with Gasteiger partial charge in [-0.25, -0.2) is 8.78 Å². The Morgan fingerprint density at radius 2 is 2.07 bits per heavy atom. The van der Waals surface area contributed by atoms with Gasteiger partial charge in [0.15, 0.2) is 0 Å². The number of hydrogen-bond acceptors (Lipinski definition) is 1. The molecular weight excluding hydrogens is 214 g/mol. The van der Waals surface area contributed by atoms with Crippen LogP contribution in [0.25, 0.3) is 5.57 Å². The van der Waals surface area contributed by atoms with Crippen LogP contribution in [0.2, 0.25) is 0 Å². The molecule has 0 saturated carbocycles. The first-order valence-electron chi connectivity index (χ1n) is 4.52. The van der Waals surface area contributed by atoms with E-state index in [9.17, 15) is 8.78 Å². The fourth-order valence-corrected chi connectivity index (χ4v) is 1.56. The Hall–Kier alpha value is -1.09. The quantitative estimate of drug-likeness (QED) is 0.585. The van der Waals surface area contributed by atoms with Crippen LogP contribution in [-0.4, -0.2) is 0 Å². The third-order valence-electron chi connectivity index (χ3n) is 2.15. The zero-order valence-corrected chi connectivity index (χ0v) is 9.32. The molecular formula is C12H12F2S. The number of benzene rings is 1. The molecule has 1 aromatic rings. The summed E-state index contributed by atoms with van der Waals surface area (Å²) in [5.74, 6) is -0.899. The molecule has 0 N–H and O–H groups in total. The van der Waals surface area contributed by atoms with Crippen LogP contribution >= 0.6 is 12.6 Å². The molecule has 0 aliphatic rings. The maximum absolute atomic E-state index is 13.4.